The highest BCUT2D eigenvalue weighted by molar-refractivity contribution is 4.90. The van der Waals surface area contributed by atoms with E-state index in [9.17, 15) is 26.3 Å². The molecule has 0 aliphatic carbocycles. The summed E-state index contributed by atoms with van der Waals surface area (Å²) >= 11 is 0. The first-order valence-electron chi connectivity index (χ1n) is 39.6. The quantitative estimate of drug-likeness (QED) is 0.0895. The molecule has 0 aromatic carbocycles. The molecule has 0 amide bonds. The molecule has 6 heteroatoms. The van der Waals surface area contributed by atoms with Crippen LogP contribution in [0.3, 0.4) is 0 Å². The Hall–Kier alpha value is -0.420. The van der Waals surface area contributed by atoms with Gasteiger partial charge in [-0.1, -0.05) is 349 Å². The Balaban J connectivity index is -0.0000000900. The fraction of sp³-hybridized carbons (Fsp3) is 1.00. The van der Waals surface area contributed by atoms with E-state index in [0.717, 1.165) is 43.9 Å². The van der Waals surface area contributed by atoms with Crippen molar-refractivity contribution in [1.29, 1.82) is 0 Å². The lowest BCUT2D eigenvalue weighted by Crippen LogP contribution is -2.38. The fourth-order valence-corrected chi connectivity index (χ4v) is 10.1. The molecule has 0 unspecified atom stereocenters. The molecule has 0 aliphatic heterocycles. The second-order valence-corrected chi connectivity index (χ2v) is 37.1. The van der Waals surface area contributed by atoms with E-state index in [-0.39, 0.29) is 23.2 Å². The van der Waals surface area contributed by atoms with Crippen LogP contribution in [0.15, 0.2) is 0 Å². The summed E-state index contributed by atoms with van der Waals surface area (Å²) < 4.78 is 79.2. The topological polar surface area (TPSA) is 0 Å². The highest BCUT2D eigenvalue weighted by Gasteiger charge is 2.41. The van der Waals surface area contributed by atoms with Crippen molar-refractivity contribution in [3.63, 3.8) is 0 Å². The van der Waals surface area contributed by atoms with Gasteiger partial charge >= 0.3 is 0 Å². The van der Waals surface area contributed by atoms with Gasteiger partial charge in [0.05, 0.1) is 0 Å². The van der Waals surface area contributed by atoms with E-state index < -0.39 is 34.0 Å². The van der Waals surface area contributed by atoms with Crippen LogP contribution in [0.4, 0.5) is 26.3 Å². The number of alkyl halides is 6. The second kappa shape index (κ2) is 56.2. The van der Waals surface area contributed by atoms with Gasteiger partial charge in [-0.05, 0) is 187 Å². The summed E-state index contributed by atoms with van der Waals surface area (Å²) in [6.45, 7) is 102. The maximum Gasteiger partial charge on any atom is 0.113 e. The molecule has 0 aromatic rings. The monoisotopic (exact) mass is 1360 g/mol. The van der Waals surface area contributed by atoms with Crippen LogP contribution in [0.1, 0.15) is 461 Å². The molecule has 0 aliphatic rings. The summed E-state index contributed by atoms with van der Waals surface area (Å²) in [7, 11) is 0. The van der Waals surface area contributed by atoms with Crippen LogP contribution in [0, 0.1) is 79.3 Å². The third-order valence-corrected chi connectivity index (χ3v) is 22.5. The summed E-state index contributed by atoms with van der Waals surface area (Å²) in [6, 6.07) is 0. The van der Waals surface area contributed by atoms with E-state index in [0.29, 0.717) is 89.3 Å². The number of hydrogen-bond donors (Lipinski definition) is 0. The zero-order chi connectivity index (χ0) is 79.0. The van der Waals surface area contributed by atoms with Gasteiger partial charge in [0, 0.05) is 5.41 Å². The van der Waals surface area contributed by atoms with Gasteiger partial charge in [0.15, 0.2) is 0 Å². The van der Waals surface area contributed by atoms with Crippen LogP contribution in [0.25, 0.3) is 0 Å². The summed E-state index contributed by atoms with van der Waals surface area (Å²) in [5.74, 6) is 3.11. The molecule has 0 N–H and O–H groups in total. The van der Waals surface area contributed by atoms with Crippen molar-refractivity contribution >= 4 is 0 Å². The number of hydrogen-bond acceptors (Lipinski definition) is 0. The predicted octanol–water partition coefficient (Wildman–Crippen LogP) is 34.7. The summed E-state index contributed by atoms with van der Waals surface area (Å²) in [4.78, 5) is 0. The van der Waals surface area contributed by atoms with Gasteiger partial charge in [0.1, 0.15) is 34.0 Å². The normalized spacial score (nSPS) is 14.9. The van der Waals surface area contributed by atoms with E-state index >= 15 is 0 Å². The lowest BCUT2D eigenvalue weighted by Gasteiger charge is -2.40. The van der Waals surface area contributed by atoms with Gasteiger partial charge in [-0.2, -0.15) is 0 Å². The minimum atomic E-state index is -1.04. The van der Waals surface area contributed by atoms with Crippen molar-refractivity contribution in [3.05, 3.63) is 0 Å². The third kappa shape index (κ3) is 68.7. The van der Waals surface area contributed by atoms with Gasteiger partial charge in [0.2, 0.25) is 0 Å². The molecule has 0 saturated heterocycles. The fourth-order valence-electron chi connectivity index (χ4n) is 10.1. The highest BCUT2D eigenvalue weighted by Crippen LogP contribution is 2.44. The first-order chi connectivity index (χ1) is 41.5. The number of halogens is 6. The van der Waals surface area contributed by atoms with Crippen molar-refractivity contribution < 1.29 is 26.3 Å². The molecular weight excluding hydrogens is 1170 g/mol. The lowest BCUT2D eigenvalue weighted by molar-refractivity contribution is 0.00941. The maximum absolute atomic E-state index is 13.9. The Morgan fingerprint density at radius 2 is 0.543 bits per heavy atom. The molecule has 0 saturated carbocycles. The largest absolute Gasteiger partial charge is 0.244 e. The molecule has 0 nitrogen and oxygen atoms in total. The Kier molecular flexibility index (Phi) is 70.3. The first-order valence-corrected chi connectivity index (χ1v) is 39.6. The van der Waals surface area contributed by atoms with Gasteiger partial charge in [0.25, 0.3) is 0 Å². The van der Waals surface area contributed by atoms with E-state index in [1.54, 1.807) is 48.5 Å². The molecule has 4 atom stereocenters. The van der Waals surface area contributed by atoms with E-state index in [4.69, 9.17) is 0 Å². The van der Waals surface area contributed by atoms with Crippen LogP contribution >= 0.6 is 0 Å². The van der Waals surface area contributed by atoms with E-state index in [1.807, 2.05) is 69.2 Å². The Bertz CT molecular complexity index is 1530. The smallest absolute Gasteiger partial charge is 0.113 e. The molecular formula is C88H192F6. The van der Waals surface area contributed by atoms with Crippen molar-refractivity contribution in [3.8, 4) is 0 Å². The van der Waals surface area contributed by atoms with Crippen LogP contribution in [0.2, 0.25) is 0 Å². The zero-order valence-corrected chi connectivity index (χ0v) is 75.2. The van der Waals surface area contributed by atoms with Crippen LogP contribution in [0.5, 0.6) is 0 Å². The van der Waals surface area contributed by atoms with E-state index in [2.05, 4.69) is 222 Å². The van der Waals surface area contributed by atoms with Gasteiger partial charge < -0.3 is 0 Å². The lowest BCUT2D eigenvalue weighted by atomic mass is 9.65. The molecule has 0 fully saturated rings. The predicted molar refractivity (Wildman–Crippen MR) is 430 cm³/mol. The molecule has 0 spiro atoms. The van der Waals surface area contributed by atoms with Crippen molar-refractivity contribution in [2.24, 2.45) is 79.3 Å². The van der Waals surface area contributed by atoms with Crippen LogP contribution < -0.4 is 0 Å². The standard InChI is InChI=1S/2C10H21F.C10H22.C9H19F.C9H20.2C7H15F.2C7H16.C6H13F.C6H14/c1-7(2)9(8(3)4)10(5,6)11;1-6-9(4,7-2)10(5,11)8-3;1-7-10(6,8-2)9(3,4)5;1-5-8(6-2)9(4,10)7-3;1-6-8(7-2)9(3,4)5;1-5-7(4,8)6(2)3;1-4-6-7(3,8)5-2;1-6(2)7(3,4)5;1-5-6-7(2,3)4;1-4-6(3,7)5-2;1-5-6(2,3)4/h7-9H,1-6H3;6-8H2,1-5H3;7-8H2,1-6H3;8H,5-7H2,1-4H3;8H,6-7H2,1-5H3;6H,5H2,1-4H3;4-6H2,1-3H3;6H,1-5H3;5-6H2,1-4H3;4-5H2,1-3H3;5H2,1-4H3/t;10-;;9-;;2*7-;;;;/m.0.0.00..../s1. The minimum Gasteiger partial charge on any atom is -0.244 e. The average Bonchev–Trinajstić information content (AvgIpc) is 0.853. The molecule has 0 heterocycles. The highest BCUT2D eigenvalue weighted by atomic mass is 19.2. The first kappa shape index (κ1) is 118. The Labute approximate surface area is 598 Å². The second-order valence-electron chi connectivity index (χ2n) is 37.1. The summed E-state index contributed by atoms with van der Waals surface area (Å²) in [6.07, 6.45) is 18.3. The van der Waals surface area contributed by atoms with Crippen LogP contribution in [-0.4, -0.2) is 34.0 Å². The third-order valence-electron chi connectivity index (χ3n) is 22.5. The molecule has 0 radical (unpaired) electrons. The van der Waals surface area contributed by atoms with Gasteiger partial charge in [-0.15, -0.1) is 0 Å². The summed E-state index contributed by atoms with van der Waals surface area (Å²) in [5, 5.41) is 0. The van der Waals surface area contributed by atoms with Crippen LogP contribution in [-0.2, 0) is 0 Å². The van der Waals surface area contributed by atoms with Crippen molar-refractivity contribution in [2.45, 2.75) is 495 Å². The molecule has 0 aromatic heterocycles. The molecule has 0 rings (SSSR count). The van der Waals surface area contributed by atoms with E-state index in [1.165, 1.54) is 44.9 Å². The summed E-state index contributed by atoms with van der Waals surface area (Å²) in [5.41, 5.74) is -2.82. The SMILES string of the molecule is CC(C)C(C(C)C)C(C)(C)F.CC(C)C(C)(C)C.CCC(C)(C)C.CCC(C)(CC)C(C)(C)C.CCC(C)(CC)[C@@](C)(F)CC.CCC(C)(F)CC.CCC(CC)C(C)(C)C.CCC(CC)[C@@](C)(F)CC.CCCC(C)(C)C.CCC[C@@](C)(F)CC.CC[C@](C)(F)C(C)C. The Morgan fingerprint density at radius 1 is 0.266 bits per heavy atom. The zero-order valence-electron chi connectivity index (χ0n) is 75.2. The minimum absolute atomic E-state index is 0.137. The van der Waals surface area contributed by atoms with Gasteiger partial charge in [-0.3, -0.25) is 0 Å². The Morgan fingerprint density at radius 3 is 0.574 bits per heavy atom. The van der Waals surface area contributed by atoms with Crippen molar-refractivity contribution in [2.75, 3.05) is 0 Å². The number of rotatable bonds is 23. The molecule has 0 bridgehead atoms. The average molecular weight is 1360 g/mol. The van der Waals surface area contributed by atoms with Gasteiger partial charge in [-0.25, -0.2) is 26.3 Å². The molecule has 586 valence electrons. The van der Waals surface area contributed by atoms with Crippen molar-refractivity contribution in [1.82, 2.24) is 0 Å². The maximum atomic E-state index is 13.9. The molecule has 94 heavy (non-hydrogen) atoms.